The second-order valence-electron chi connectivity index (χ2n) is 4.21. The molecule has 0 saturated heterocycles. The molecule has 0 saturated carbocycles. The second-order valence-corrected chi connectivity index (χ2v) is 5.86. The fourth-order valence-corrected chi connectivity index (χ4v) is 2.43. The van der Waals surface area contributed by atoms with Crippen LogP contribution >= 0.6 is 31.9 Å². The largest absolute Gasteiger partial charge is 0.478 e. The Bertz CT molecular complexity index is 684. The van der Waals surface area contributed by atoms with Gasteiger partial charge in [-0.2, -0.15) is 0 Å². The number of carbonyl (C=O) groups is 2. The van der Waals surface area contributed by atoms with Crippen LogP contribution < -0.4 is 0 Å². The van der Waals surface area contributed by atoms with E-state index in [0.29, 0.717) is 15.6 Å². The Hall–Kier alpha value is -1.66. The summed E-state index contributed by atoms with van der Waals surface area (Å²) in [5.74, 6) is -1.22. The molecule has 0 heterocycles. The Balaban J connectivity index is 0.000000220. The van der Waals surface area contributed by atoms with Crippen LogP contribution in [0.3, 0.4) is 0 Å². The number of benzene rings is 2. The number of ether oxygens (including phenoxy) is 1. The lowest BCUT2D eigenvalue weighted by Crippen LogP contribution is -2.01. The molecule has 0 spiro atoms. The third-order valence-electron chi connectivity index (χ3n) is 2.70. The maximum Gasteiger partial charge on any atom is 0.338 e. The predicted molar refractivity (Wildman–Crippen MR) is 91.3 cm³/mol. The van der Waals surface area contributed by atoms with Crippen molar-refractivity contribution in [3.8, 4) is 0 Å². The molecule has 0 bridgehead atoms. The molecule has 0 radical (unpaired) electrons. The van der Waals surface area contributed by atoms with E-state index in [4.69, 9.17) is 5.11 Å². The number of carboxylic acids is 1. The van der Waals surface area contributed by atoms with E-state index in [9.17, 15) is 9.59 Å². The number of methoxy groups -OCH3 is 1. The summed E-state index contributed by atoms with van der Waals surface area (Å²) in [7, 11) is 1.36. The molecule has 0 aromatic heterocycles. The summed E-state index contributed by atoms with van der Waals surface area (Å²) in [5, 5.41) is 8.66. The van der Waals surface area contributed by atoms with Crippen LogP contribution in [-0.4, -0.2) is 24.2 Å². The Kier molecular flexibility index (Phi) is 7.27. The smallest absolute Gasteiger partial charge is 0.338 e. The standard InChI is InChI=1S/2C8H7BrO2/c1-11-8(10)6-4-2-3-5-7(6)9;1-5-3-2-4-6(7(5)9)8(10)11/h2-5H,1H3;2-4H,1H3,(H,10,11). The number of aromatic carboxylic acids is 1. The Morgan fingerprint density at radius 3 is 2.09 bits per heavy atom. The van der Waals surface area contributed by atoms with Crippen LogP contribution in [0, 0.1) is 6.92 Å². The summed E-state index contributed by atoms with van der Waals surface area (Å²) >= 11 is 6.44. The van der Waals surface area contributed by atoms with Crippen LogP contribution in [0.5, 0.6) is 0 Å². The average molecular weight is 430 g/mol. The third kappa shape index (κ3) is 4.96. The first kappa shape index (κ1) is 18.4. The Labute approximate surface area is 145 Å². The van der Waals surface area contributed by atoms with Gasteiger partial charge in [0, 0.05) is 8.95 Å². The fraction of sp³-hybridized carbons (Fsp3) is 0.125. The van der Waals surface area contributed by atoms with Crippen molar-refractivity contribution in [1.82, 2.24) is 0 Å². The number of carbonyl (C=O) groups excluding carboxylic acids is 1. The molecular formula is C16H14Br2O4. The van der Waals surface area contributed by atoms with Crippen molar-refractivity contribution >= 4 is 43.8 Å². The molecule has 116 valence electrons. The number of hydrogen-bond acceptors (Lipinski definition) is 3. The minimum atomic E-state index is -0.902. The van der Waals surface area contributed by atoms with Crippen molar-refractivity contribution in [3.05, 3.63) is 68.1 Å². The first-order valence-corrected chi connectivity index (χ1v) is 7.78. The SMILES string of the molecule is COC(=O)c1ccccc1Br.Cc1cccc(C(=O)O)c1Br. The molecule has 0 aliphatic heterocycles. The normalized spacial score (nSPS) is 9.45. The molecule has 2 aromatic carbocycles. The quantitative estimate of drug-likeness (QED) is 0.703. The molecule has 0 amide bonds. The number of aryl methyl sites for hydroxylation is 1. The lowest BCUT2D eigenvalue weighted by Gasteiger charge is -2.00. The van der Waals surface area contributed by atoms with E-state index in [0.717, 1.165) is 10.0 Å². The van der Waals surface area contributed by atoms with Gasteiger partial charge in [0.15, 0.2) is 0 Å². The first-order chi connectivity index (χ1) is 10.4. The predicted octanol–water partition coefficient (Wildman–Crippen LogP) is 4.69. The van der Waals surface area contributed by atoms with Crippen molar-refractivity contribution in [2.45, 2.75) is 6.92 Å². The van der Waals surface area contributed by atoms with Crippen molar-refractivity contribution in [3.63, 3.8) is 0 Å². The van der Waals surface area contributed by atoms with Gasteiger partial charge in [-0.25, -0.2) is 9.59 Å². The molecule has 0 aliphatic rings. The molecule has 0 unspecified atom stereocenters. The van der Waals surface area contributed by atoms with E-state index in [1.165, 1.54) is 7.11 Å². The monoisotopic (exact) mass is 428 g/mol. The zero-order valence-corrected chi connectivity index (χ0v) is 15.1. The molecule has 0 fully saturated rings. The lowest BCUT2D eigenvalue weighted by molar-refractivity contribution is 0.0598. The summed E-state index contributed by atoms with van der Waals surface area (Å²) in [6.07, 6.45) is 0. The lowest BCUT2D eigenvalue weighted by atomic mass is 10.1. The number of carboxylic acid groups (broad SMARTS) is 1. The summed E-state index contributed by atoms with van der Waals surface area (Å²) < 4.78 is 5.96. The van der Waals surface area contributed by atoms with Gasteiger partial charge in [-0.15, -0.1) is 0 Å². The van der Waals surface area contributed by atoms with E-state index in [2.05, 4.69) is 36.6 Å². The molecule has 0 aliphatic carbocycles. The van der Waals surface area contributed by atoms with Crippen LogP contribution in [-0.2, 0) is 4.74 Å². The minimum Gasteiger partial charge on any atom is -0.478 e. The van der Waals surface area contributed by atoms with Gasteiger partial charge in [0.1, 0.15) is 0 Å². The number of esters is 1. The van der Waals surface area contributed by atoms with E-state index in [1.807, 2.05) is 19.1 Å². The van der Waals surface area contributed by atoms with Crippen molar-refractivity contribution in [2.24, 2.45) is 0 Å². The topological polar surface area (TPSA) is 63.6 Å². The van der Waals surface area contributed by atoms with Gasteiger partial charge in [-0.3, -0.25) is 0 Å². The third-order valence-corrected chi connectivity index (χ3v) is 4.45. The summed E-state index contributed by atoms with van der Waals surface area (Å²) in [6, 6.07) is 12.3. The van der Waals surface area contributed by atoms with Crippen LogP contribution in [0.1, 0.15) is 26.3 Å². The highest BCUT2D eigenvalue weighted by Gasteiger charge is 2.08. The summed E-state index contributed by atoms with van der Waals surface area (Å²) in [5.41, 5.74) is 1.80. The number of halogens is 2. The van der Waals surface area contributed by atoms with E-state index < -0.39 is 5.97 Å². The summed E-state index contributed by atoms with van der Waals surface area (Å²) in [4.78, 5) is 21.5. The van der Waals surface area contributed by atoms with Gasteiger partial charge >= 0.3 is 11.9 Å². The van der Waals surface area contributed by atoms with E-state index in [1.54, 1.807) is 30.3 Å². The highest BCUT2D eigenvalue weighted by Crippen LogP contribution is 2.20. The first-order valence-electron chi connectivity index (χ1n) is 6.19. The van der Waals surface area contributed by atoms with Gasteiger partial charge in [0.2, 0.25) is 0 Å². The molecule has 2 rings (SSSR count). The van der Waals surface area contributed by atoms with Gasteiger partial charge < -0.3 is 9.84 Å². The zero-order chi connectivity index (χ0) is 16.7. The molecule has 4 nitrogen and oxygen atoms in total. The highest BCUT2D eigenvalue weighted by molar-refractivity contribution is 9.10. The van der Waals surface area contributed by atoms with Crippen LogP contribution in [0.4, 0.5) is 0 Å². The van der Waals surface area contributed by atoms with E-state index >= 15 is 0 Å². The number of hydrogen-bond donors (Lipinski definition) is 1. The Morgan fingerprint density at radius 2 is 1.59 bits per heavy atom. The van der Waals surface area contributed by atoms with Gasteiger partial charge in [0.05, 0.1) is 18.2 Å². The zero-order valence-electron chi connectivity index (χ0n) is 12.0. The maximum atomic E-state index is 11.0. The number of rotatable bonds is 2. The second kappa shape index (κ2) is 8.70. The minimum absolute atomic E-state index is 0.310. The Morgan fingerprint density at radius 1 is 1.00 bits per heavy atom. The van der Waals surface area contributed by atoms with Crippen molar-refractivity contribution in [1.29, 1.82) is 0 Å². The maximum absolute atomic E-state index is 11.0. The molecule has 2 aromatic rings. The molecule has 22 heavy (non-hydrogen) atoms. The fourth-order valence-electron chi connectivity index (χ4n) is 1.55. The van der Waals surface area contributed by atoms with Crippen LogP contribution in [0.15, 0.2) is 51.4 Å². The molecular weight excluding hydrogens is 416 g/mol. The molecule has 1 N–H and O–H groups in total. The van der Waals surface area contributed by atoms with Gasteiger partial charge in [-0.1, -0.05) is 24.3 Å². The molecule has 0 atom stereocenters. The van der Waals surface area contributed by atoms with Crippen molar-refractivity contribution < 1.29 is 19.4 Å². The van der Waals surface area contributed by atoms with Crippen LogP contribution in [0.25, 0.3) is 0 Å². The van der Waals surface area contributed by atoms with Crippen LogP contribution in [0.2, 0.25) is 0 Å². The summed E-state index contributed by atoms with van der Waals surface area (Å²) in [6.45, 7) is 1.86. The van der Waals surface area contributed by atoms with Crippen molar-refractivity contribution in [2.75, 3.05) is 7.11 Å². The van der Waals surface area contributed by atoms with Gasteiger partial charge in [-0.05, 0) is 62.5 Å². The highest BCUT2D eigenvalue weighted by atomic mass is 79.9. The van der Waals surface area contributed by atoms with Gasteiger partial charge in [0.25, 0.3) is 0 Å². The van der Waals surface area contributed by atoms with E-state index in [-0.39, 0.29) is 5.97 Å². The molecule has 6 heteroatoms. The average Bonchev–Trinajstić information content (AvgIpc) is 2.50.